The normalized spacial score (nSPS) is 18.6. The molecule has 0 saturated heterocycles. The van der Waals surface area contributed by atoms with Gasteiger partial charge in [0.1, 0.15) is 5.52 Å². The van der Waals surface area contributed by atoms with E-state index in [1.807, 2.05) is 13.8 Å². The number of aromatic amines is 1. The second kappa shape index (κ2) is 7.48. The topological polar surface area (TPSA) is 101 Å². The molecule has 1 aliphatic carbocycles. The molecule has 1 aliphatic heterocycles. The molecule has 174 valence electrons. The second-order valence-electron chi connectivity index (χ2n) is 9.49. The smallest absolute Gasteiger partial charge is 0.274 e. The minimum atomic E-state index is -3.58. The summed E-state index contributed by atoms with van der Waals surface area (Å²) in [6.45, 7) is 4.41. The lowest BCUT2D eigenvalue weighted by Crippen LogP contribution is -2.49. The number of ether oxygens (including phenoxy) is 1. The van der Waals surface area contributed by atoms with E-state index >= 15 is 0 Å². The van der Waals surface area contributed by atoms with Crippen molar-refractivity contribution < 1.29 is 17.9 Å². The highest BCUT2D eigenvalue weighted by atomic mass is 32.2. The third kappa shape index (κ3) is 3.64. The van der Waals surface area contributed by atoms with Gasteiger partial charge in [0, 0.05) is 48.8 Å². The summed E-state index contributed by atoms with van der Waals surface area (Å²) >= 11 is 0. The summed E-state index contributed by atoms with van der Waals surface area (Å²) in [5.74, 6) is 0.671. The van der Waals surface area contributed by atoms with E-state index in [4.69, 9.17) is 4.74 Å². The van der Waals surface area contributed by atoms with Crippen LogP contribution < -0.4 is 15.2 Å². The van der Waals surface area contributed by atoms with Gasteiger partial charge in [0.15, 0.2) is 21.7 Å². The van der Waals surface area contributed by atoms with Crippen molar-refractivity contribution in [1.29, 1.82) is 0 Å². The molecule has 1 saturated carbocycles. The van der Waals surface area contributed by atoms with Gasteiger partial charge in [-0.2, -0.15) is 0 Å². The number of nitrogens with one attached hydrogen (secondary N) is 1. The van der Waals surface area contributed by atoms with Crippen LogP contribution in [0.1, 0.15) is 26.7 Å². The first kappa shape index (κ1) is 21.8. The number of rotatable bonds is 5. The van der Waals surface area contributed by atoms with Crippen molar-refractivity contribution in [3.8, 4) is 16.9 Å². The largest absolute Gasteiger partial charge is 0.477 e. The Morgan fingerprint density at radius 3 is 2.55 bits per heavy atom. The number of benzene rings is 1. The third-order valence-electron chi connectivity index (χ3n) is 6.44. The Bertz CT molecular complexity index is 1450. The van der Waals surface area contributed by atoms with Crippen LogP contribution in [0.3, 0.4) is 0 Å². The molecule has 1 N–H and O–H groups in total. The zero-order valence-electron chi connectivity index (χ0n) is 19.1. The van der Waals surface area contributed by atoms with E-state index in [-0.39, 0.29) is 22.3 Å². The van der Waals surface area contributed by atoms with Gasteiger partial charge in [0.05, 0.1) is 10.6 Å². The molecule has 8 nitrogen and oxygen atoms in total. The fourth-order valence-corrected chi connectivity index (χ4v) is 5.09. The molecule has 9 heteroatoms. The number of fused-ring (bicyclic) bond motifs is 2. The van der Waals surface area contributed by atoms with Crippen LogP contribution in [-0.4, -0.2) is 42.8 Å². The minimum absolute atomic E-state index is 0.0674. The van der Waals surface area contributed by atoms with Gasteiger partial charge in [-0.15, -0.1) is 0 Å². The van der Waals surface area contributed by atoms with Crippen LogP contribution >= 0.6 is 0 Å². The number of aromatic nitrogens is 2. The number of nitrogens with zero attached hydrogens (tertiary/aromatic N) is 2. The molecule has 0 bridgehead atoms. The van der Waals surface area contributed by atoms with Crippen molar-refractivity contribution in [2.24, 2.45) is 18.9 Å². The van der Waals surface area contributed by atoms with E-state index in [0.717, 1.165) is 19.1 Å². The fraction of sp³-hybridized carbons (Fsp3) is 0.417. The van der Waals surface area contributed by atoms with Gasteiger partial charge < -0.3 is 19.2 Å². The standard InChI is InChI=1S/C24H27N3O5S/c1-13(2)21-24(29)27(11-14-5-6-14)19-10-15(33(4,30)31)9-17(22(19)32-21)18-12-26(3)23(28)20-16(18)7-8-25-20/h7-10,12-14,21,25H,5-6,11H2,1-4H3. The van der Waals surface area contributed by atoms with E-state index in [1.165, 1.54) is 4.57 Å². The van der Waals surface area contributed by atoms with Crippen molar-refractivity contribution in [2.45, 2.75) is 37.7 Å². The van der Waals surface area contributed by atoms with Crippen LogP contribution in [0, 0.1) is 11.8 Å². The summed E-state index contributed by atoms with van der Waals surface area (Å²) in [5.41, 5.74) is 1.93. The van der Waals surface area contributed by atoms with Crippen molar-refractivity contribution in [2.75, 3.05) is 17.7 Å². The number of H-pyrrole nitrogens is 1. The molecule has 3 heterocycles. The van der Waals surface area contributed by atoms with Crippen LogP contribution in [0.2, 0.25) is 0 Å². The number of anilines is 1. The predicted molar refractivity (Wildman–Crippen MR) is 126 cm³/mol. The van der Waals surface area contributed by atoms with E-state index in [2.05, 4.69) is 4.98 Å². The number of pyridine rings is 1. The predicted octanol–water partition coefficient (Wildman–Crippen LogP) is 3.10. The molecule has 1 fully saturated rings. The summed E-state index contributed by atoms with van der Waals surface area (Å²) < 4.78 is 33.0. The van der Waals surface area contributed by atoms with Gasteiger partial charge in [-0.05, 0) is 42.9 Å². The van der Waals surface area contributed by atoms with Gasteiger partial charge in [0.2, 0.25) is 0 Å². The summed E-state index contributed by atoms with van der Waals surface area (Å²) in [6.07, 6.45) is 5.96. The molecule has 3 aromatic rings. The average Bonchev–Trinajstić information content (AvgIpc) is 3.43. The Morgan fingerprint density at radius 2 is 1.91 bits per heavy atom. The van der Waals surface area contributed by atoms with Crippen LogP contribution in [0.15, 0.2) is 40.3 Å². The van der Waals surface area contributed by atoms with E-state index in [0.29, 0.717) is 45.9 Å². The van der Waals surface area contributed by atoms with Crippen molar-refractivity contribution in [3.05, 3.63) is 40.9 Å². The monoisotopic (exact) mass is 469 g/mol. The maximum atomic E-state index is 13.4. The van der Waals surface area contributed by atoms with Crippen molar-refractivity contribution >= 4 is 32.3 Å². The molecule has 33 heavy (non-hydrogen) atoms. The highest BCUT2D eigenvalue weighted by Gasteiger charge is 2.41. The first-order chi connectivity index (χ1) is 15.6. The third-order valence-corrected chi connectivity index (χ3v) is 7.54. The summed E-state index contributed by atoms with van der Waals surface area (Å²) in [4.78, 5) is 30.8. The molecule has 1 amide bonds. The molecule has 2 aliphatic rings. The minimum Gasteiger partial charge on any atom is -0.477 e. The quantitative estimate of drug-likeness (QED) is 0.619. The zero-order valence-corrected chi connectivity index (χ0v) is 19.9. The van der Waals surface area contributed by atoms with Crippen LogP contribution in [0.5, 0.6) is 5.75 Å². The SMILES string of the molecule is CC(C)C1Oc2c(-c3cn(C)c(=O)c4[nH]ccc34)cc(S(C)(=O)=O)cc2N(CC2CC2)C1=O. The fourth-order valence-electron chi connectivity index (χ4n) is 4.43. The lowest BCUT2D eigenvalue weighted by molar-refractivity contribution is -0.128. The number of hydrogen-bond donors (Lipinski definition) is 1. The lowest BCUT2D eigenvalue weighted by Gasteiger charge is -2.37. The van der Waals surface area contributed by atoms with Crippen LogP contribution in [0.25, 0.3) is 22.0 Å². The maximum absolute atomic E-state index is 13.4. The Labute approximate surface area is 192 Å². The molecule has 2 aromatic heterocycles. The number of carbonyl (C=O) groups excluding carboxylic acids is 1. The van der Waals surface area contributed by atoms with Crippen LogP contribution in [0.4, 0.5) is 5.69 Å². The zero-order chi connectivity index (χ0) is 23.7. The van der Waals surface area contributed by atoms with Gasteiger partial charge in [-0.25, -0.2) is 8.42 Å². The number of amides is 1. The molecule has 1 unspecified atom stereocenters. The number of sulfone groups is 1. The molecule has 0 spiro atoms. The maximum Gasteiger partial charge on any atom is 0.274 e. The van der Waals surface area contributed by atoms with Gasteiger partial charge in [0.25, 0.3) is 11.5 Å². The molecule has 1 atom stereocenters. The summed E-state index contributed by atoms with van der Waals surface area (Å²) in [5, 5.41) is 0.668. The van der Waals surface area contributed by atoms with Crippen molar-refractivity contribution in [3.63, 3.8) is 0 Å². The molecule has 5 rings (SSSR count). The second-order valence-corrected chi connectivity index (χ2v) is 11.5. The van der Waals surface area contributed by atoms with E-state index < -0.39 is 15.9 Å². The van der Waals surface area contributed by atoms with Gasteiger partial charge >= 0.3 is 0 Å². The molecular weight excluding hydrogens is 442 g/mol. The summed E-state index contributed by atoms with van der Waals surface area (Å²) in [7, 11) is -1.93. The molecule has 0 radical (unpaired) electrons. The Kier molecular flexibility index (Phi) is 4.93. The summed E-state index contributed by atoms with van der Waals surface area (Å²) in [6, 6.07) is 4.92. The average molecular weight is 470 g/mol. The Morgan fingerprint density at radius 1 is 1.18 bits per heavy atom. The molecular formula is C24H27N3O5S. The highest BCUT2D eigenvalue weighted by molar-refractivity contribution is 7.90. The van der Waals surface area contributed by atoms with Gasteiger partial charge in [-0.1, -0.05) is 13.8 Å². The lowest BCUT2D eigenvalue weighted by atomic mass is 9.97. The van der Waals surface area contributed by atoms with Crippen molar-refractivity contribution in [1.82, 2.24) is 9.55 Å². The number of hydrogen-bond acceptors (Lipinski definition) is 5. The first-order valence-corrected chi connectivity index (χ1v) is 13.0. The number of carbonyl (C=O) groups is 1. The highest BCUT2D eigenvalue weighted by Crippen LogP contribution is 2.47. The van der Waals surface area contributed by atoms with E-state index in [1.54, 1.807) is 42.5 Å². The first-order valence-electron chi connectivity index (χ1n) is 11.1. The van der Waals surface area contributed by atoms with Crippen LogP contribution in [-0.2, 0) is 21.7 Å². The van der Waals surface area contributed by atoms with Gasteiger partial charge in [-0.3, -0.25) is 9.59 Å². The Hall–Kier alpha value is -3.07. The van der Waals surface area contributed by atoms with E-state index in [9.17, 15) is 18.0 Å². The Balaban J connectivity index is 1.84. The number of aryl methyl sites for hydroxylation is 1. The molecule has 1 aromatic carbocycles.